The third-order valence-corrected chi connectivity index (χ3v) is 7.65. The monoisotopic (exact) mass is 525 g/mol. The third kappa shape index (κ3) is 6.49. The van der Waals surface area contributed by atoms with Crippen LogP contribution in [0.2, 0.25) is 15.1 Å². The number of amides is 1. The number of nitrogens with zero attached hydrogens (tertiary/aromatic N) is 1. The summed E-state index contributed by atoms with van der Waals surface area (Å²) in [5.41, 5.74) is 1.80. The molecule has 7 heteroatoms. The Morgan fingerprint density at radius 3 is 2.24 bits per heavy atom. The summed E-state index contributed by atoms with van der Waals surface area (Å²) in [5.74, 6) is 0.823. The van der Waals surface area contributed by atoms with Crippen LogP contribution < -0.4 is 0 Å². The van der Waals surface area contributed by atoms with Crippen LogP contribution in [0.25, 0.3) is 0 Å². The summed E-state index contributed by atoms with van der Waals surface area (Å²) in [6.45, 7) is 10.3. The zero-order chi connectivity index (χ0) is 24.1. The molecule has 3 nitrogen and oxygen atoms in total. The lowest BCUT2D eigenvalue weighted by atomic mass is 9.89. The molecule has 1 aliphatic heterocycles. The second-order valence-electron chi connectivity index (χ2n) is 8.46. The van der Waals surface area contributed by atoms with Gasteiger partial charge in [-0.15, -0.1) is 6.58 Å². The molecule has 1 saturated heterocycles. The largest absolute Gasteiger partial charge is 0.358 e. The molecular weight excluding hydrogens is 497 g/mol. The molecule has 1 unspecified atom stereocenters. The van der Waals surface area contributed by atoms with Crippen LogP contribution >= 0.6 is 46.6 Å². The van der Waals surface area contributed by atoms with Crippen LogP contribution in [0.5, 0.6) is 0 Å². The molecule has 2 aromatic rings. The van der Waals surface area contributed by atoms with Gasteiger partial charge in [0, 0.05) is 33.3 Å². The first kappa shape index (κ1) is 26.4. The highest BCUT2D eigenvalue weighted by Crippen LogP contribution is 2.45. The molecule has 0 N–H and O–H groups in total. The standard InChI is InChI=1S/C26H30Cl3NO2S/c1-5-7-23-26(31)30(22(6-2)15-33-16(3)4)24(17-8-10-19(27)11-9-17)25(32-23)18-12-20(28)14-21(29)13-18/h5,8-14,16,22-25H,1,6-7,15H2,2-4H3/t22?,23-,24+,25+/m0/s1. The molecule has 0 aliphatic carbocycles. The van der Waals surface area contributed by atoms with Gasteiger partial charge in [0.2, 0.25) is 0 Å². The van der Waals surface area contributed by atoms with Gasteiger partial charge in [-0.3, -0.25) is 4.79 Å². The van der Waals surface area contributed by atoms with Crippen molar-refractivity contribution in [1.82, 2.24) is 4.90 Å². The highest BCUT2D eigenvalue weighted by atomic mass is 35.5. The molecule has 1 fully saturated rings. The molecule has 0 radical (unpaired) electrons. The Bertz CT molecular complexity index is 946. The maximum absolute atomic E-state index is 13.8. The molecule has 0 aromatic heterocycles. The smallest absolute Gasteiger partial charge is 0.252 e. The SMILES string of the molecule is C=CC[C@@H]1O[C@H](c2cc(Cl)cc(Cl)c2)[C@@H](c2ccc(Cl)cc2)N(C(CC)CSC(C)C)C1=O. The fourth-order valence-corrected chi connectivity index (χ4v) is 5.84. The molecule has 0 saturated carbocycles. The Hall–Kier alpha value is -1.17. The first-order valence-corrected chi connectivity index (χ1v) is 13.3. The number of morpholine rings is 1. The minimum Gasteiger partial charge on any atom is -0.358 e. The second-order valence-corrected chi connectivity index (χ2v) is 11.4. The van der Waals surface area contributed by atoms with Crippen molar-refractivity contribution in [1.29, 1.82) is 0 Å². The predicted molar refractivity (Wildman–Crippen MR) is 142 cm³/mol. The van der Waals surface area contributed by atoms with Gasteiger partial charge in [-0.05, 0) is 53.1 Å². The first-order valence-electron chi connectivity index (χ1n) is 11.2. The van der Waals surface area contributed by atoms with E-state index in [0.717, 1.165) is 23.3 Å². The number of benzene rings is 2. The minimum atomic E-state index is -0.619. The van der Waals surface area contributed by atoms with Crippen molar-refractivity contribution < 1.29 is 9.53 Å². The number of carbonyl (C=O) groups excluding carboxylic acids is 1. The fraction of sp³-hybridized carbons (Fsp3) is 0.423. The van der Waals surface area contributed by atoms with Crippen LogP contribution in [0.15, 0.2) is 55.1 Å². The Kier molecular flexibility index (Phi) is 9.61. The van der Waals surface area contributed by atoms with E-state index in [4.69, 9.17) is 39.5 Å². The van der Waals surface area contributed by atoms with Crippen molar-refractivity contribution in [3.8, 4) is 0 Å². The highest BCUT2D eigenvalue weighted by Gasteiger charge is 2.46. The van der Waals surface area contributed by atoms with Gasteiger partial charge in [-0.25, -0.2) is 0 Å². The van der Waals surface area contributed by atoms with Gasteiger partial charge in [-0.2, -0.15) is 11.8 Å². The van der Waals surface area contributed by atoms with E-state index in [0.29, 0.717) is 26.7 Å². The lowest BCUT2D eigenvalue weighted by Gasteiger charge is -2.48. The minimum absolute atomic E-state index is 0.0181. The summed E-state index contributed by atoms with van der Waals surface area (Å²) in [6.07, 6.45) is 1.94. The highest BCUT2D eigenvalue weighted by molar-refractivity contribution is 7.99. The third-order valence-electron chi connectivity index (χ3n) is 5.72. The number of rotatable bonds is 9. The molecule has 0 spiro atoms. The van der Waals surface area contributed by atoms with E-state index < -0.39 is 12.2 Å². The summed E-state index contributed by atoms with van der Waals surface area (Å²) in [6, 6.07) is 12.8. The zero-order valence-corrected chi connectivity index (χ0v) is 22.2. The zero-order valence-electron chi connectivity index (χ0n) is 19.1. The van der Waals surface area contributed by atoms with Crippen molar-refractivity contribution in [3.05, 3.63) is 81.3 Å². The molecule has 1 amide bonds. The average molecular weight is 527 g/mol. The molecule has 3 rings (SSSR count). The van der Waals surface area contributed by atoms with Crippen LogP contribution in [-0.4, -0.2) is 34.0 Å². The van der Waals surface area contributed by atoms with Crippen molar-refractivity contribution in [3.63, 3.8) is 0 Å². The molecule has 33 heavy (non-hydrogen) atoms. The predicted octanol–water partition coefficient (Wildman–Crippen LogP) is 8.15. The number of thioether (sulfide) groups is 1. The maximum Gasteiger partial charge on any atom is 0.252 e. The van der Waals surface area contributed by atoms with Gasteiger partial charge in [0.15, 0.2) is 0 Å². The lowest BCUT2D eigenvalue weighted by Crippen LogP contribution is -2.55. The Labute approximate surface area is 216 Å². The van der Waals surface area contributed by atoms with Gasteiger partial charge >= 0.3 is 0 Å². The van der Waals surface area contributed by atoms with E-state index in [1.807, 2.05) is 53.1 Å². The van der Waals surface area contributed by atoms with Gasteiger partial charge in [-0.1, -0.05) is 73.8 Å². The van der Waals surface area contributed by atoms with Gasteiger partial charge < -0.3 is 9.64 Å². The normalized spacial score (nSPS) is 22.0. The van der Waals surface area contributed by atoms with Crippen LogP contribution in [0, 0.1) is 0 Å². The molecular formula is C26H30Cl3NO2S. The summed E-state index contributed by atoms with van der Waals surface area (Å²) >= 11 is 20.8. The van der Waals surface area contributed by atoms with E-state index in [2.05, 4.69) is 27.4 Å². The topological polar surface area (TPSA) is 29.5 Å². The van der Waals surface area contributed by atoms with E-state index in [1.54, 1.807) is 12.1 Å². The van der Waals surface area contributed by atoms with Crippen molar-refractivity contribution >= 4 is 52.5 Å². The number of hydrogen-bond acceptors (Lipinski definition) is 3. The summed E-state index contributed by atoms with van der Waals surface area (Å²) < 4.78 is 6.46. The van der Waals surface area contributed by atoms with E-state index in [1.165, 1.54) is 0 Å². The number of halogens is 3. The maximum atomic E-state index is 13.8. The van der Waals surface area contributed by atoms with Crippen LogP contribution in [0.3, 0.4) is 0 Å². The van der Waals surface area contributed by atoms with Crippen LogP contribution in [0.4, 0.5) is 0 Å². The molecule has 4 atom stereocenters. The molecule has 1 aliphatic rings. The average Bonchev–Trinajstić information content (AvgIpc) is 2.76. The molecule has 2 aromatic carbocycles. The first-order chi connectivity index (χ1) is 15.7. The second kappa shape index (κ2) is 12.0. The Morgan fingerprint density at radius 2 is 1.70 bits per heavy atom. The van der Waals surface area contributed by atoms with E-state index >= 15 is 0 Å². The molecule has 1 heterocycles. The summed E-state index contributed by atoms with van der Waals surface area (Å²) in [4.78, 5) is 15.8. The quantitative estimate of drug-likeness (QED) is 0.309. The fourth-order valence-electron chi connectivity index (χ4n) is 4.17. The Morgan fingerprint density at radius 1 is 1.06 bits per heavy atom. The van der Waals surface area contributed by atoms with E-state index in [-0.39, 0.29) is 18.0 Å². The van der Waals surface area contributed by atoms with Crippen LogP contribution in [0.1, 0.15) is 56.9 Å². The Balaban J connectivity index is 2.16. The van der Waals surface area contributed by atoms with Crippen molar-refractivity contribution in [2.24, 2.45) is 0 Å². The number of carbonyl (C=O) groups is 1. The summed E-state index contributed by atoms with van der Waals surface area (Å²) in [5, 5.41) is 2.17. The van der Waals surface area contributed by atoms with Crippen molar-refractivity contribution in [2.45, 2.75) is 63.2 Å². The lowest BCUT2D eigenvalue weighted by molar-refractivity contribution is -0.178. The van der Waals surface area contributed by atoms with Gasteiger partial charge in [0.1, 0.15) is 12.2 Å². The van der Waals surface area contributed by atoms with Crippen molar-refractivity contribution in [2.75, 3.05) is 5.75 Å². The van der Waals surface area contributed by atoms with Gasteiger partial charge in [0.25, 0.3) is 5.91 Å². The molecule has 0 bridgehead atoms. The van der Waals surface area contributed by atoms with Gasteiger partial charge in [0.05, 0.1) is 6.04 Å². The van der Waals surface area contributed by atoms with E-state index in [9.17, 15) is 4.79 Å². The molecule has 178 valence electrons. The number of ether oxygens (including phenoxy) is 1. The van der Waals surface area contributed by atoms with Crippen LogP contribution in [-0.2, 0) is 9.53 Å². The summed E-state index contributed by atoms with van der Waals surface area (Å²) in [7, 11) is 0. The number of hydrogen-bond donors (Lipinski definition) is 0.